The Kier molecular flexibility index (Phi) is 7.99. The first-order valence-electron chi connectivity index (χ1n) is 7.99. The van der Waals surface area contributed by atoms with Gasteiger partial charge in [-0.3, -0.25) is 4.79 Å². The summed E-state index contributed by atoms with van der Waals surface area (Å²) in [6, 6.07) is 0. The van der Waals surface area contributed by atoms with Crippen LogP contribution in [0, 0.1) is 17.8 Å². The van der Waals surface area contributed by atoms with Crippen LogP contribution in [0.4, 0.5) is 0 Å². The summed E-state index contributed by atoms with van der Waals surface area (Å²) in [7, 11) is 0. The molecular weight excluding hydrogens is 260 g/mol. The molecule has 0 unspecified atom stereocenters. The fourth-order valence-corrected chi connectivity index (χ4v) is 2.46. The molecule has 0 rings (SSSR count). The Morgan fingerprint density at radius 3 is 1.57 bits per heavy atom. The van der Waals surface area contributed by atoms with Gasteiger partial charge < -0.3 is 4.74 Å². The van der Waals surface area contributed by atoms with E-state index in [9.17, 15) is 4.79 Å². The quantitative estimate of drug-likeness (QED) is 0.434. The van der Waals surface area contributed by atoms with Crippen molar-refractivity contribution in [3.05, 3.63) is 24.3 Å². The van der Waals surface area contributed by atoms with Gasteiger partial charge in [0.2, 0.25) is 0 Å². The minimum Gasteiger partial charge on any atom is -0.460 e. The number of rotatable bonds is 8. The molecule has 0 aliphatic rings. The van der Waals surface area contributed by atoms with Gasteiger partial charge in [-0.05, 0) is 45.4 Å². The lowest BCUT2D eigenvalue weighted by atomic mass is 9.82. The molecule has 0 heterocycles. The predicted octanol–water partition coefficient (Wildman–Crippen LogP) is 5.54. The molecule has 2 nitrogen and oxygen atoms in total. The fraction of sp³-hybridized carbons (Fsp3) is 0.737. The van der Waals surface area contributed by atoms with E-state index in [0.717, 1.165) is 24.0 Å². The maximum Gasteiger partial charge on any atom is 0.307 e. The van der Waals surface area contributed by atoms with Crippen LogP contribution in [0.2, 0.25) is 0 Å². The van der Waals surface area contributed by atoms with E-state index in [2.05, 4.69) is 40.9 Å². The van der Waals surface area contributed by atoms with E-state index in [1.807, 2.05) is 20.8 Å². The highest BCUT2D eigenvalue weighted by Crippen LogP contribution is 2.31. The lowest BCUT2D eigenvalue weighted by molar-refractivity contribution is -0.155. The van der Waals surface area contributed by atoms with Crippen LogP contribution in [0.3, 0.4) is 0 Å². The number of esters is 1. The maximum atomic E-state index is 12.1. The van der Waals surface area contributed by atoms with Crippen molar-refractivity contribution >= 4 is 5.97 Å². The van der Waals surface area contributed by atoms with Crippen LogP contribution in [-0.2, 0) is 9.53 Å². The molecule has 0 aromatic carbocycles. The first-order chi connectivity index (χ1) is 9.42. The number of hydrogen-bond donors (Lipinski definition) is 0. The van der Waals surface area contributed by atoms with E-state index in [4.69, 9.17) is 4.74 Å². The number of hydrogen-bond acceptors (Lipinski definition) is 2. The van der Waals surface area contributed by atoms with Gasteiger partial charge in [0.25, 0.3) is 0 Å². The number of carbonyl (C=O) groups excluding carboxylic acids is 1. The zero-order valence-corrected chi connectivity index (χ0v) is 15.1. The summed E-state index contributed by atoms with van der Waals surface area (Å²) < 4.78 is 5.46. The second kappa shape index (κ2) is 8.41. The largest absolute Gasteiger partial charge is 0.460 e. The minimum atomic E-state index is -0.444. The van der Waals surface area contributed by atoms with Gasteiger partial charge in [-0.2, -0.15) is 0 Å². The van der Waals surface area contributed by atoms with Crippen LogP contribution < -0.4 is 0 Å². The van der Waals surface area contributed by atoms with Crippen LogP contribution >= 0.6 is 0 Å². The van der Waals surface area contributed by atoms with Gasteiger partial charge in [0.05, 0.1) is 6.42 Å². The third kappa shape index (κ3) is 9.49. The van der Waals surface area contributed by atoms with Gasteiger partial charge in [0.15, 0.2) is 0 Å². The fourth-order valence-electron chi connectivity index (χ4n) is 2.46. The van der Waals surface area contributed by atoms with Gasteiger partial charge in [-0.15, -0.1) is 0 Å². The molecule has 0 spiro atoms. The Bertz CT molecular complexity index is 348. The zero-order valence-electron chi connectivity index (χ0n) is 15.1. The summed E-state index contributed by atoms with van der Waals surface area (Å²) in [4.78, 5) is 12.1. The Morgan fingerprint density at radius 1 is 0.905 bits per heavy atom. The van der Waals surface area contributed by atoms with E-state index in [1.165, 1.54) is 0 Å². The second-order valence-electron chi connectivity index (χ2n) is 7.86. The Balaban J connectivity index is 4.92. The second-order valence-corrected chi connectivity index (χ2v) is 7.86. The van der Waals surface area contributed by atoms with E-state index < -0.39 is 5.60 Å². The van der Waals surface area contributed by atoms with Crippen LogP contribution in [-0.4, -0.2) is 11.6 Å². The zero-order chi connectivity index (χ0) is 16.8. The highest BCUT2D eigenvalue weighted by molar-refractivity contribution is 5.71. The topological polar surface area (TPSA) is 26.3 Å². The molecule has 0 aliphatic heterocycles. The molecule has 0 N–H and O–H groups in total. The van der Waals surface area contributed by atoms with Crippen LogP contribution in [0.15, 0.2) is 24.3 Å². The molecule has 0 fully saturated rings. The van der Waals surface area contributed by atoms with Gasteiger partial charge in [-0.25, -0.2) is 0 Å². The summed E-state index contributed by atoms with van der Waals surface area (Å²) in [6.07, 6.45) is 2.20. The first-order valence-corrected chi connectivity index (χ1v) is 7.99. The van der Waals surface area contributed by atoms with Crippen LogP contribution in [0.5, 0.6) is 0 Å². The average Bonchev–Trinajstić information content (AvgIpc) is 2.20. The monoisotopic (exact) mass is 294 g/mol. The van der Waals surface area contributed by atoms with Crippen molar-refractivity contribution in [1.82, 2.24) is 0 Å². The van der Waals surface area contributed by atoms with Gasteiger partial charge >= 0.3 is 5.97 Å². The first kappa shape index (κ1) is 19.9. The van der Waals surface area contributed by atoms with Gasteiger partial charge in [0.1, 0.15) is 5.60 Å². The minimum absolute atomic E-state index is 0.0321. The van der Waals surface area contributed by atoms with E-state index in [0.29, 0.717) is 18.3 Å². The molecule has 0 atom stereocenters. The van der Waals surface area contributed by atoms with E-state index in [1.54, 1.807) is 0 Å². The van der Waals surface area contributed by atoms with Crippen molar-refractivity contribution in [2.45, 2.75) is 73.3 Å². The average molecular weight is 294 g/mol. The van der Waals surface area contributed by atoms with Crippen molar-refractivity contribution < 1.29 is 9.53 Å². The lowest BCUT2D eigenvalue weighted by Crippen LogP contribution is -2.26. The van der Waals surface area contributed by atoms with Crippen molar-refractivity contribution in [3.63, 3.8) is 0 Å². The maximum absolute atomic E-state index is 12.1. The Labute approximate surface area is 131 Å². The molecule has 0 radical (unpaired) electrons. The van der Waals surface area contributed by atoms with Crippen molar-refractivity contribution in [3.8, 4) is 0 Å². The summed E-state index contributed by atoms with van der Waals surface area (Å²) in [5.41, 5.74) is 1.75. The van der Waals surface area contributed by atoms with E-state index in [-0.39, 0.29) is 11.9 Å². The Hall–Kier alpha value is -1.05. The lowest BCUT2D eigenvalue weighted by Gasteiger charge is -2.26. The van der Waals surface area contributed by atoms with Crippen molar-refractivity contribution in [1.29, 1.82) is 0 Å². The third-order valence-electron chi connectivity index (χ3n) is 3.12. The van der Waals surface area contributed by atoms with Gasteiger partial charge in [-0.1, -0.05) is 52.0 Å². The van der Waals surface area contributed by atoms with Gasteiger partial charge in [0, 0.05) is 5.92 Å². The number of carbonyl (C=O) groups is 1. The number of allylic oxidation sites excluding steroid dienone is 2. The normalized spacial score (nSPS) is 12.1. The Morgan fingerprint density at radius 2 is 1.29 bits per heavy atom. The van der Waals surface area contributed by atoms with E-state index >= 15 is 0 Å². The highest BCUT2D eigenvalue weighted by Gasteiger charge is 2.24. The van der Waals surface area contributed by atoms with Crippen LogP contribution in [0.1, 0.15) is 67.7 Å². The SMILES string of the molecule is C=C(CC(C)C)C(CC(=O)OC(C)(C)C)C(=C)CC(C)C. The molecule has 0 saturated carbocycles. The molecular formula is C19H34O2. The standard InChI is InChI=1S/C19H34O2/c1-13(2)10-15(5)17(16(6)11-14(3)4)12-18(20)21-19(7,8)9/h13-14,17H,5-6,10-12H2,1-4,7-9H3. The molecule has 0 amide bonds. The van der Waals surface area contributed by atoms with Crippen molar-refractivity contribution in [2.75, 3.05) is 0 Å². The molecule has 122 valence electrons. The molecule has 0 saturated heterocycles. The highest BCUT2D eigenvalue weighted by atomic mass is 16.6. The molecule has 0 aromatic heterocycles. The molecule has 2 heteroatoms. The third-order valence-corrected chi connectivity index (χ3v) is 3.12. The summed E-state index contributed by atoms with van der Waals surface area (Å²) >= 11 is 0. The predicted molar refractivity (Wildman–Crippen MR) is 91.1 cm³/mol. The summed E-state index contributed by atoms with van der Waals surface area (Å²) in [6.45, 7) is 22.8. The molecule has 0 bridgehead atoms. The van der Waals surface area contributed by atoms with Crippen molar-refractivity contribution in [2.24, 2.45) is 17.8 Å². The van der Waals surface area contributed by atoms with Crippen LogP contribution in [0.25, 0.3) is 0 Å². The molecule has 0 aliphatic carbocycles. The smallest absolute Gasteiger partial charge is 0.307 e. The summed E-state index contributed by atoms with van der Waals surface area (Å²) in [5.74, 6) is 0.933. The molecule has 0 aromatic rings. The molecule has 21 heavy (non-hydrogen) atoms. The number of ether oxygens (including phenoxy) is 1. The summed E-state index contributed by atoms with van der Waals surface area (Å²) in [5, 5.41) is 0.